The van der Waals surface area contributed by atoms with Crippen LogP contribution in [0.2, 0.25) is 10.0 Å². The maximum atomic E-state index is 12.5. The van der Waals surface area contributed by atoms with Gasteiger partial charge >= 0.3 is 0 Å². The van der Waals surface area contributed by atoms with Crippen LogP contribution in [0.15, 0.2) is 78.4 Å². The summed E-state index contributed by atoms with van der Waals surface area (Å²) >= 11 is 12.2. The Balaban J connectivity index is 1.84. The molecule has 0 bridgehead atoms. The standard InChI is InChI=1S/C23H16Cl2N2O2/c24-19-10-11-22(29-15-16-6-2-1-3-7-16)17(13-19)12-18(14-26)23(28)27-21-9-5-4-8-20(21)25/h1-13H,15H2,(H,27,28)/b18-12+. The number of benzene rings is 3. The van der Waals surface area contributed by atoms with Crippen molar-refractivity contribution in [3.63, 3.8) is 0 Å². The number of para-hydroxylation sites is 1. The van der Waals surface area contributed by atoms with Gasteiger partial charge in [0.05, 0.1) is 10.7 Å². The van der Waals surface area contributed by atoms with Crippen molar-refractivity contribution < 1.29 is 9.53 Å². The van der Waals surface area contributed by atoms with Crippen LogP contribution in [0.25, 0.3) is 6.08 Å². The molecule has 0 aromatic heterocycles. The van der Waals surface area contributed by atoms with E-state index in [9.17, 15) is 10.1 Å². The molecule has 1 amide bonds. The molecule has 4 nitrogen and oxygen atoms in total. The molecule has 3 rings (SSSR count). The molecular formula is C23H16Cl2N2O2. The van der Waals surface area contributed by atoms with Crippen LogP contribution in [-0.4, -0.2) is 5.91 Å². The van der Waals surface area contributed by atoms with E-state index in [2.05, 4.69) is 5.32 Å². The Morgan fingerprint density at radius 2 is 1.76 bits per heavy atom. The molecule has 0 saturated heterocycles. The van der Waals surface area contributed by atoms with Gasteiger partial charge in [0.25, 0.3) is 5.91 Å². The van der Waals surface area contributed by atoms with Gasteiger partial charge < -0.3 is 10.1 Å². The largest absolute Gasteiger partial charge is 0.488 e. The van der Waals surface area contributed by atoms with Crippen LogP contribution in [0.4, 0.5) is 5.69 Å². The van der Waals surface area contributed by atoms with Crippen LogP contribution in [0, 0.1) is 11.3 Å². The molecule has 1 N–H and O–H groups in total. The molecule has 0 aliphatic rings. The molecule has 0 unspecified atom stereocenters. The number of carbonyl (C=O) groups is 1. The Morgan fingerprint density at radius 3 is 2.48 bits per heavy atom. The van der Waals surface area contributed by atoms with Gasteiger partial charge in [-0.05, 0) is 42.0 Å². The van der Waals surface area contributed by atoms with E-state index < -0.39 is 5.91 Å². The van der Waals surface area contributed by atoms with Crippen molar-refractivity contribution in [1.29, 1.82) is 5.26 Å². The zero-order valence-corrected chi connectivity index (χ0v) is 16.7. The number of hydrogen-bond acceptors (Lipinski definition) is 3. The van der Waals surface area contributed by atoms with Gasteiger partial charge in [0.2, 0.25) is 0 Å². The highest BCUT2D eigenvalue weighted by Crippen LogP contribution is 2.27. The molecule has 3 aromatic rings. The van der Waals surface area contributed by atoms with Gasteiger partial charge in [-0.2, -0.15) is 5.26 Å². The van der Waals surface area contributed by atoms with Gasteiger partial charge in [-0.3, -0.25) is 4.79 Å². The van der Waals surface area contributed by atoms with Crippen LogP contribution < -0.4 is 10.1 Å². The Hall–Kier alpha value is -3.26. The number of ether oxygens (including phenoxy) is 1. The SMILES string of the molecule is N#C/C(=C\c1cc(Cl)ccc1OCc1ccccc1)C(=O)Nc1ccccc1Cl. The molecule has 29 heavy (non-hydrogen) atoms. The van der Waals surface area contributed by atoms with Crippen LogP contribution in [0.5, 0.6) is 5.75 Å². The Bertz CT molecular complexity index is 1090. The first-order valence-electron chi connectivity index (χ1n) is 8.71. The average Bonchev–Trinajstić information content (AvgIpc) is 2.73. The van der Waals surface area contributed by atoms with Crippen molar-refractivity contribution in [2.45, 2.75) is 6.61 Å². The number of nitrogens with one attached hydrogen (secondary N) is 1. The number of halogens is 2. The summed E-state index contributed by atoms with van der Waals surface area (Å²) in [7, 11) is 0. The topological polar surface area (TPSA) is 62.1 Å². The molecule has 0 saturated carbocycles. The molecule has 3 aromatic carbocycles. The minimum absolute atomic E-state index is 0.100. The van der Waals surface area contributed by atoms with Crippen molar-refractivity contribution >= 4 is 40.9 Å². The lowest BCUT2D eigenvalue weighted by molar-refractivity contribution is -0.112. The van der Waals surface area contributed by atoms with E-state index in [-0.39, 0.29) is 5.57 Å². The molecule has 0 atom stereocenters. The quantitative estimate of drug-likeness (QED) is 0.384. The summed E-state index contributed by atoms with van der Waals surface area (Å²) in [4.78, 5) is 12.5. The predicted molar refractivity (Wildman–Crippen MR) is 116 cm³/mol. The fourth-order valence-electron chi connectivity index (χ4n) is 2.56. The Kier molecular flexibility index (Phi) is 6.91. The summed E-state index contributed by atoms with van der Waals surface area (Å²) in [5, 5.41) is 13.0. The summed E-state index contributed by atoms with van der Waals surface area (Å²) in [5.41, 5.74) is 1.84. The smallest absolute Gasteiger partial charge is 0.266 e. The Morgan fingerprint density at radius 1 is 1.03 bits per heavy atom. The van der Waals surface area contributed by atoms with E-state index >= 15 is 0 Å². The molecule has 0 heterocycles. The maximum Gasteiger partial charge on any atom is 0.266 e. The van der Waals surface area contributed by atoms with E-state index in [4.69, 9.17) is 27.9 Å². The normalized spacial score (nSPS) is 10.9. The highest BCUT2D eigenvalue weighted by atomic mass is 35.5. The summed E-state index contributed by atoms with van der Waals surface area (Å²) in [5.74, 6) is -0.0638. The summed E-state index contributed by atoms with van der Waals surface area (Å²) < 4.78 is 5.88. The van der Waals surface area contributed by atoms with Crippen molar-refractivity contribution in [2.24, 2.45) is 0 Å². The first-order chi connectivity index (χ1) is 14.1. The lowest BCUT2D eigenvalue weighted by atomic mass is 10.1. The average molecular weight is 423 g/mol. The lowest BCUT2D eigenvalue weighted by Crippen LogP contribution is -2.13. The summed E-state index contributed by atoms with van der Waals surface area (Å²) in [6.07, 6.45) is 1.44. The Labute approximate surface area is 179 Å². The first kappa shape index (κ1) is 20.5. The van der Waals surface area contributed by atoms with Crippen LogP contribution in [0.1, 0.15) is 11.1 Å². The van der Waals surface area contributed by atoms with Crippen molar-refractivity contribution in [2.75, 3.05) is 5.32 Å². The monoisotopic (exact) mass is 422 g/mol. The fourth-order valence-corrected chi connectivity index (χ4v) is 2.92. The van der Waals surface area contributed by atoms with Gasteiger partial charge in [-0.15, -0.1) is 0 Å². The highest BCUT2D eigenvalue weighted by Gasteiger charge is 2.13. The molecule has 144 valence electrons. The second-order valence-electron chi connectivity index (χ2n) is 6.06. The van der Waals surface area contributed by atoms with Crippen LogP contribution in [-0.2, 0) is 11.4 Å². The predicted octanol–water partition coefficient (Wildman–Crippen LogP) is 6.12. The van der Waals surface area contributed by atoms with Crippen LogP contribution >= 0.6 is 23.2 Å². The zero-order chi connectivity index (χ0) is 20.6. The molecular weight excluding hydrogens is 407 g/mol. The second-order valence-corrected chi connectivity index (χ2v) is 6.90. The molecule has 0 radical (unpaired) electrons. The highest BCUT2D eigenvalue weighted by molar-refractivity contribution is 6.34. The lowest BCUT2D eigenvalue weighted by Gasteiger charge is -2.11. The summed E-state index contributed by atoms with van der Waals surface area (Å²) in [6, 6.07) is 23.4. The molecule has 0 spiro atoms. The second kappa shape index (κ2) is 9.79. The number of nitriles is 1. The van der Waals surface area contributed by atoms with Gasteiger partial charge in [-0.25, -0.2) is 0 Å². The number of rotatable bonds is 6. The fraction of sp³-hybridized carbons (Fsp3) is 0.0435. The van der Waals surface area contributed by atoms with E-state index in [1.54, 1.807) is 42.5 Å². The van der Waals surface area contributed by atoms with Gasteiger partial charge in [-0.1, -0.05) is 65.7 Å². The van der Waals surface area contributed by atoms with Crippen LogP contribution in [0.3, 0.4) is 0 Å². The van der Waals surface area contributed by atoms with Crippen molar-refractivity contribution in [3.05, 3.63) is 99.5 Å². The minimum Gasteiger partial charge on any atom is -0.488 e. The van der Waals surface area contributed by atoms with E-state index in [1.807, 2.05) is 36.4 Å². The molecule has 6 heteroatoms. The van der Waals surface area contributed by atoms with E-state index in [1.165, 1.54) is 6.08 Å². The number of anilines is 1. The third kappa shape index (κ3) is 5.61. The summed E-state index contributed by atoms with van der Waals surface area (Å²) in [6.45, 7) is 0.344. The van der Waals surface area contributed by atoms with Gasteiger partial charge in [0.15, 0.2) is 0 Å². The number of nitrogens with zero attached hydrogens (tertiary/aromatic N) is 1. The van der Waals surface area contributed by atoms with Gasteiger partial charge in [0, 0.05) is 10.6 Å². The third-order valence-corrected chi connectivity index (χ3v) is 4.56. The number of amides is 1. The maximum absolute atomic E-state index is 12.5. The molecule has 0 fully saturated rings. The van der Waals surface area contributed by atoms with Gasteiger partial charge in [0.1, 0.15) is 24.0 Å². The zero-order valence-electron chi connectivity index (χ0n) is 15.2. The molecule has 0 aliphatic carbocycles. The van der Waals surface area contributed by atoms with Crippen molar-refractivity contribution in [3.8, 4) is 11.8 Å². The van der Waals surface area contributed by atoms with E-state index in [0.29, 0.717) is 33.7 Å². The minimum atomic E-state index is -0.574. The van der Waals surface area contributed by atoms with E-state index in [0.717, 1.165) is 5.56 Å². The number of hydrogen-bond donors (Lipinski definition) is 1. The third-order valence-electron chi connectivity index (χ3n) is 4.00. The molecule has 0 aliphatic heterocycles. The number of carbonyl (C=O) groups excluding carboxylic acids is 1. The first-order valence-corrected chi connectivity index (χ1v) is 9.46. The van der Waals surface area contributed by atoms with Crippen molar-refractivity contribution in [1.82, 2.24) is 0 Å².